The molecule has 0 atom stereocenters. The van der Waals surface area contributed by atoms with Gasteiger partial charge in [0.05, 0.1) is 5.52 Å². The first-order valence-electron chi connectivity index (χ1n) is 7.82. The molecule has 1 aromatic heterocycles. The molecule has 2 nitrogen and oxygen atoms in total. The summed E-state index contributed by atoms with van der Waals surface area (Å²) in [4.78, 5) is 6.88. The van der Waals surface area contributed by atoms with E-state index in [-0.39, 0.29) is 0 Å². The highest BCUT2D eigenvalue weighted by molar-refractivity contribution is 7.99. The number of benzene rings is 3. The van der Waals surface area contributed by atoms with Crippen molar-refractivity contribution in [3.8, 4) is 0 Å². The van der Waals surface area contributed by atoms with Crippen LogP contribution in [0.1, 0.15) is 0 Å². The maximum absolute atomic E-state index is 4.40. The second-order valence-electron chi connectivity index (χ2n) is 5.44. The van der Waals surface area contributed by atoms with Gasteiger partial charge < -0.3 is 5.32 Å². The van der Waals surface area contributed by atoms with E-state index in [1.54, 1.807) is 11.8 Å². The summed E-state index contributed by atoms with van der Waals surface area (Å²) in [5.74, 6) is 0. The maximum Gasteiger partial charge on any atom is 0.0722 e. The summed E-state index contributed by atoms with van der Waals surface area (Å²) >= 11 is 1.77. The van der Waals surface area contributed by atoms with Crippen LogP contribution in [0.3, 0.4) is 0 Å². The normalized spacial score (nSPS) is 10.7. The van der Waals surface area contributed by atoms with Crippen LogP contribution in [-0.4, -0.2) is 4.98 Å². The van der Waals surface area contributed by atoms with Gasteiger partial charge in [-0.2, -0.15) is 0 Å². The molecule has 0 spiro atoms. The van der Waals surface area contributed by atoms with E-state index < -0.39 is 0 Å². The largest absolute Gasteiger partial charge is 0.355 e. The molecule has 0 unspecified atom stereocenters. The smallest absolute Gasteiger partial charge is 0.0722 e. The third kappa shape index (κ3) is 3.26. The predicted molar refractivity (Wildman–Crippen MR) is 102 cm³/mol. The summed E-state index contributed by atoms with van der Waals surface area (Å²) in [6.45, 7) is 0. The van der Waals surface area contributed by atoms with E-state index in [2.05, 4.69) is 64.9 Å². The van der Waals surface area contributed by atoms with Crippen molar-refractivity contribution in [3.63, 3.8) is 0 Å². The molecule has 3 aromatic carbocycles. The minimum absolute atomic E-state index is 0.999. The Morgan fingerprint density at radius 3 is 2.21 bits per heavy atom. The second-order valence-corrected chi connectivity index (χ2v) is 6.59. The van der Waals surface area contributed by atoms with E-state index in [4.69, 9.17) is 0 Å². The fourth-order valence-electron chi connectivity index (χ4n) is 2.59. The third-order valence-corrected chi connectivity index (χ3v) is 4.78. The molecule has 0 bridgehead atoms. The van der Waals surface area contributed by atoms with Gasteiger partial charge in [-0.1, -0.05) is 48.2 Å². The summed E-state index contributed by atoms with van der Waals surface area (Å²) in [5, 5.41) is 4.62. The van der Waals surface area contributed by atoms with Gasteiger partial charge in [0.2, 0.25) is 0 Å². The van der Waals surface area contributed by atoms with Crippen LogP contribution < -0.4 is 5.32 Å². The highest BCUT2D eigenvalue weighted by Gasteiger charge is 2.02. The summed E-state index contributed by atoms with van der Waals surface area (Å²) in [6.07, 6.45) is 1.84. The van der Waals surface area contributed by atoms with E-state index >= 15 is 0 Å². The minimum atomic E-state index is 0.999. The van der Waals surface area contributed by atoms with Gasteiger partial charge in [0.25, 0.3) is 0 Å². The van der Waals surface area contributed by atoms with E-state index in [1.165, 1.54) is 9.79 Å². The average Bonchev–Trinajstić information content (AvgIpc) is 2.65. The van der Waals surface area contributed by atoms with Crippen LogP contribution in [0.25, 0.3) is 10.9 Å². The van der Waals surface area contributed by atoms with E-state index in [0.29, 0.717) is 0 Å². The van der Waals surface area contributed by atoms with Gasteiger partial charge in [-0.05, 0) is 48.5 Å². The van der Waals surface area contributed by atoms with E-state index in [0.717, 1.165) is 22.3 Å². The number of nitrogens with one attached hydrogen (secondary N) is 1. The van der Waals surface area contributed by atoms with Crippen molar-refractivity contribution in [2.24, 2.45) is 0 Å². The maximum atomic E-state index is 4.40. The van der Waals surface area contributed by atoms with Crippen LogP contribution in [0.15, 0.2) is 101 Å². The van der Waals surface area contributed by atoms with E-state index in [9.17, 15) is 0 Å². The zero-order valence-corrected chi connectivity index (χ0v) is 13.8. The standard InChI is InChI=1S/C21H16N2S/c1-2-6-17(7-3-1)24-18-12-10-16(11-13-18)23-21-14-15-22-20-9-5-4-8-19(20)21/h1-15H,(H,22,23). The Kier molecular flexibility index (Phi) is 4.17. The zero-order chi connectivity index (χ0) is 16.2. The van der Waals surface area contributed by atoms with Crippen molar-refractivity contribution >= 4 is 34.0 Å². The number of pyridine rings is 1. The molecule has 0 saturated heterocycles. The Morgan fingerprint density at radius 1 is 0.667 bits per heavy atom. The van der Waals surface area contributed by atoms with Gasteiger partial charge in [-0.25, -0.2) is 0 Å². The van der Waals surface area contributed by atoms with Crippen LogP contribution in [0.2, 0.25) is 0 Å². The number of para-hydroxylation sites is 1. The van der Waals surface area contributed by atoms with Gasteiger partial charge in [0.1, 0.15) is 0 Å². The lowest BCUT2D eigenvalue weighted by molar-refractivity contribution is 1.39. The first-order chi connectivity index (χ1) is 11.9. The molecule has 116 valence electrons. The molecule has 0 aliphatic carbocycles. The van der Waals surface area contributed by atoms with Gasteiger partial charge in [-0.15, -0.1) is 0 Å². The fourth-order valence-corrected chi connectivity index (χ4v) is 3.43. The molecule has 0 radical (unpaired) electrons. The number of rotatable bonds is 4. The summed E-state index contributed by atoms with van der Waals surface area (Å²) < 4.78 is 0. The van der Waals surface area contributed by atoms with Crippen molar-refractivity contribution in [1.82, 2.24) is 4.98 Å². The molecule has 4 aromatic rings. The summed E-state index contributed by atoms with van der Waals surface area (Å²) in [6, 6.07) is 29.1. The lowest BCUT2D eigenvalue weighted by Gasteiger charge is -2.10. The summed E-state index contributed by atoms with van der Waals surface area (Å²) in [5.41, 5.74) is 3.14. The molecule has 0 amide bonds. The molecule has 24 heavy (non-hydrogen) atoms. The number of nitrogens with zero attached hydrogens (tertiary/aromatic N) is 1. The Labute approximate surface area is 145 Å². The van der Waals surface area contributed by atoms with Gasteiger partial charge in [0.15, 0.2) is 0 Å². The molecular formula is C21H16N2S. The highest BCUT2D eigenvalue weighted by Crippen LogP contribution is 2.30. The molecule has 0 fully saturated rings. The molecular weight excluding hydrogens is 312 g/mol. The minimum Gasteiger partial charge on any atom is -0.355 e. The fraction of sp³-hybridized carbons (Fsp3) is 0. The average molecular weight is 328 g/mol. The Bertz CT molecular complexity index is 945. The molecule has 0 aliphatic heterocycles. The van der Waals surface area contributed by atoms with Crippen molar-refractivity contribution in [2.45, 2.75) is 9.79 Å². The van der Waals surface area contributed by atoms with Crippen LogP contribution in [-0.2, 0) is 0 Å². The molecule has 0 aliphatic rings. The van der Waals surface area contributed by atoms with Gasteiger partial charge in [0, 0.05) is 32.7 Å². The van der Waals surface area contributed by atoms with Crippen LogP contribution in [0.5, 0.6) is 0 Å². The van der Waals surface area contributed by atoms with Crippen molar-refractivity contribution < 1.29 is 0 Å². The lowest BCUT2D eigenvalue weighted by Crippen LogP contribution is -1.92. The first-order valence-corrected chi connectivity index (χ1v) is 8.64. The van der Waals surface area contributed by atoms with Crippen LogP contribution in [0.4, 0.5) is 11.4 Å². The quantitative estimate of drug-likeness (QED) is 0.488. The molecule has 1 heterocycles. The number of fused-ring (bicyclic) bond motifs is 1. The Hall–Kier alpha value is -2.78. The van der Waals surface area contributed by atoms with Gasteiger partial charge >= 0.3 is 0 Å². The predicted octanol–water partition coefficient (Wildman–Crippen LogP) is 6.13. The van der Waals surface area contributed by atoms with Gasteiger partial charge in [-0.3, -0.25) is 4.98 Å². The van der Waals surface area contributed by atoms with Crippen molar-refractivity contribution in [2.75, 3.05) is 5.32 Å². The first kappa shape index (κ1) is 14.8. The Morgan fingerprint density at radius 2 is 1.38 bits per heavy atom. The molecule has 4 rings (SSSR count). The highest BCUT2D eigenvalue weighted by atomic mass is 32.2. The van der Waals surface area contributed by atoms with Crippen LogP contribution >= 0.6 is 11.8 Å². The number of hydrogen-bond donors (Lipinski definition) is 1. The Balaban J connectivity index is 1.55. The monoisotopic (exact) mass is 328 g/mol. The number of anilines is 2. The zero-order valence-electron chi connectivity index (χ0n) is 13.0. The molecule has 3 heteroatoms. The summed E-state index contributed by atoms with van der Waals surface area (Å²) in [7, 11) is 0. The third-order valence-electron chi connectivity index (χ3n) is 3.76. The van der Waals surface area contributed by atoms with Crippen molar-refractivity contribution in [3.05, 3.63) is 91.1 Å². The van der Waals surface area contributed by atoms with Crippen LogP contribution in [0, 0.1) is 0 Å². The topological polar surface area (TPSA) is 24.9 Å². The second kappa shape index (κ2) is 6.77. The molecule has 0 saturated carbocycles. The van der Waals surface area contributed by atoms with Crippen molar-refractivity contribution in [1.29, 1.82) is 0 Å². The number of aromatic nitrogens is 1. The van der Waals surface area contributed by atoms with E-state index in [1.807, 2.05) is 36.5 Å². The SMILES string of the molecule is c1ccc(Sc2ccc(Nc3ccnc4ccccc34)cc2)cc1. The lowest BCUT2D eigenvalue weighted by atomic mass is 10.2. The molecule has 1 N–H and O–H groups in total. The number of hydrogen-bond acceptors (Lipinski definition) is 3.